The fourth-order valence-electron chi connectivity index (χ4n) is 1.49. The van der Waals surface area contributed by atoms with Crippen LogP contribution in [-0.4, -0.2) is 23.0 Å². The Kier molecular flexibility index (Phi) is 3.47. The molecule has 0 aromatic carbocycles. The highest BCUT2D eigenvalue weighted by Gasteiger charge is 2.07. The summed E-state index contributed by atoms with van der Waals surface area (Å²) in [6, 6.07) is 5.16. The van der Waals surface area contributed by atoms with Gasteiger partial charge in [-0.15, -0.1) is 0 Å². The molecule has 2 rings (SSSR count). The van der Waals surface area contributed by atoms with Crippen molar-refractivity contribution in [2.24, 2.45) is 0 Å². The first kappa shape index (κ1) is 12.0. The minimum atomic E-state index is -0.206. The lowest BCUT2D eigenvalue weighted by Crippen LogP contribution is -2.23. The van der Waals surface area contributed by atoms with Crippen molar-refractivity contribution in [2.45, 2.75) is 6.54 Å². The number of amides is 1. The van der Waals surface area contributed by atoms with E-state index in [4.69, 9.17) is 10.5 Å². The number of ether oxygens (including phenoxy) is 1. The van der Waals surface area contributed by atoms with Gasteiger partial charge >= 0.3 is 0 Å². The number of carbonyl (C=O) groups excluding carboxylic acids is 1. The number of nitrogens with one attached hydrogen (secondary N) is 2. The van der Waals surface area contributed by atoms with Gasteiger partial charge in [0.2, 0.25) is 5.88 Å². The van der Waals surface area contributed by atoms with Crippen molar-refractivity contribution in [1.82, 2.24) is 15.3 Å². The number of rotatable bonds is 4. The van der Waals surface area contributed by atoms with E-state index in [0.29, 0.717) is 23.8 Å². The number of hydrogen-bond donors (Lipinski definition) is 3. The molecule has 94 valence electrons. The first-order valence-corrected chi connectivity index (χ1v) is 5.40. The fraction of sp³-hybridized carbons (Fsp3) is 0.167. The van der Waals surface area contributed by atoms with E-state index in [2.05, 4.69) is 15.3 Å². The van der Waals surface area contributed by atoms with Gasteiger partial charge in [0, 0.05) is 30.7 Å². The van der Waals surface area contributed by atoms with Crippen LogP contribution < -0.4 is 15.8 Å². The standard InChI is InChI=1S/C12H14N4O2/c1-18-11-4-8(2-3-14-11)6-16-12(17)10-5-9(13)7-15-10/h2-5,7,15H,6,13H2,1H3,(H,16,17). The van der Waals surface area contributed by atoms with Gasteiger partial charge < -0.3 is 20.8 Å². The predicted molar refractivity (Wildman–Crippen MR) is 67.2 cm³/mol. The Morgan fingerprint density at radius 1 is 1.56 bits per heavy atom. The SMILES string of the molecule is COc1cc(CNC(=O)c2cc(N)c[nH]2)ccn1. The van der Waals surface area contributed by atoms with E-state index in [0.717, 1.165) is 5.56 Å². The minimum absolute atomic E-state index is 0.206. The molecule has 0 aliphatic heterocycles. The highest BCUT2D eigenvalue weighted by Crippen LogP contribution is 2.09. The van der Waals surface area contributed by atoms with Crippen molar-refractivity contribution in [2.75, 3.05) is 12.8 Å². The molecule has 0 saturated carbocycles. The molecule has 2 heterocycles. The summed E-state index contributed by atoms with van der Waals surface area (Å²) >= 11 is 0. The molecule has 18 heavy (non-hydrogen) atoms. The van der Waals surface area contributed by atoms with Crippen molar-refractivity contribution in [3.63, 3.8) is 0 Å². The van der Waals surface area contributed by atoms with Crippen LogP contribution in [0.4, 0.5) is 5.69 Å². The third kappa shape index (κ3) is 2.79. The highest BCUT2D eigenvalue weighted by molar-refractivity contribution is 5.93. The van der Waals surface area contributed by atoms with Gasteiger partial charge in [-0.1, -0.05) is 0 Å². The molecule has 1 amide bonds. The Labute approximate surface area is 104 Å². The van der Waals surface area contributed by atoms with E-state index in [1.54, 1.807) is 31.6 Å². The molecule has 4 N–H and O–H groups in total. The third-order valence-corrected chi connectivity index (χ3v) is 2.41. The van der Waals surface area contributed by atoms with Crippen LogP contribution in [0.25, 0.3) is 0 Å². The molecule has 0 radical (unpaired) electrons. The molecule has 0 saturated heterocycles. The van der Waals surface area contributed by atoms with Gasteiger partial charge in [-0.3, -0.25) is 4.79 Å². The molecular weight excluding hydrogens is 232 g/mol. The van der Waals surface area contributed by atoms with Gasteiger partial charge in [0.1, 0.15) is 5.69 Å². The molecule has 2 aromatic rings. The zero-order valence-corrected chi connectivity index (χ0v) is 9.93. The topological polar surface area (TPSA) is 93.0 Å². The lowest BCUT2D eigenvalue weighted by Gasteiger charge is -2.05. The van der Waals surface area contributed by atoms with Crippen LogP contribution in [0.5, 0.6) is 5.88 Å². The van der Waals surface area contributed by atoms with Crippen molar-refractivity contribution >= 4 is 11.6 Å². The lowest BCUT2D eigenvalue weighted by molar-refractivity contribution is 0.0946. The molecule has 2 aromatic heterocycles. The second-order valence-electron chi connectivity index (χ2n) is 3.74. The van der Waals surface area contributed by atoms with E-state index in [1.807, 2.05) is 6.07 Å². The minimum Gasteiger partial charge on any atom is -0.481 e. The normalized spacial score (nSPS) is 10.1. The van der Waals surface area contributed by atoms with Crippen LogP contribution in [0.2, 0.25) is 0 Å². The van der Waals surface area contributed by atoms with E-state index >= 15 is 0 Å². The third-order valence-electron chi connectivity index (χ3n) is 2.41. The Bertz CT molecular complexity index is 551. The summed E-state index contributed by atoms with van der Waals surface area (Å²) in [5, 5.41) is 2.77. The summed E-state index contributed by atoms with van der Waals surface area (Å²) in [7, 11) is 1.55. The first-order chi connectivity index (χ1) is 8.69. The van der Waals surface area contributed by atoms with Crippen molar-refractivity contribution in [1.29, 1.82) is 0 Å². The van der Waals surface area contributed by atoms with Gasteiger partial charge in [0.15, 0.2) is 0 Å². The number of nitrogens with zero attached hydrogens (tertiary/aromatic N) is 1. The maximum Gasteiger partial charge on any atom is 0.268 e. The Morgan fingerprint density at radius 3 is 3.06 bits per heavy atom. The van der Waals surface area contributed by atoms with Gasteiger partial charge in [-0.25, -0.2) is 4.98 Å². The number of H-pyrrole nitrogens is 1. The number of anilines is 1. The fourth-order valence-corrected chi connectivity index (χ4v) is 1.49. The summed E-state index contributed by atoms with van der Waals surface area (Å²) in [5.41, 5.74) is 7.41. The molecule has 6 heteroatoms. The van der Waals surface area contributed by atoms with Crippen molar-refractivity contribution in [3.8, 4) is 5.88 Å². The smallest absolute Gasteiger partial charge is 0.268 e. The van der Waals surface area contributed by atoms with Crippen molar-refractivity contribution < 1.29 is 9.53 Å². The summed E-state index contributed by atoms with van der Waals surface area (Å²) in [4.78, 5) is 18.5. The number of hydrogen-bond acceptors (Lipinski definition) is 4. The van der Waals surface area contributed by atoms with Gasteiger partial charge in [0.25, 0.3) is 5.91 Å². The van der Waals surface area contributed by atoms with E-state index in [1.165, 1.54) is 0 Å². The van der Waals surface area contributed by atoms with Crippen LogP contribution in [-0.2, 0) is 6.54 Å². The summed E-state index contributed by atoms with van der Waals surface area (Å²) in [6.45, 7) is 0.399. The quantitative estimate of drug-likeness (QED) is 0.748. The van der Waals surface area contributed by atoms with Crippen LogP contribution in [0.3, 0.4) is 0 Å². The molecule has 0 unspecified atom stereocenters. The molecule has 0 fully saturated rings. The largest absolute Gasteiger partial charge is 0.481 e. The molecule has 0 aliphatic carbocycles. The van der Waals surface area contributed by atoms with Crippen LogP contribution in [0.15, 0.2) is 30.6 Å². The number of carbonyl (C=O) groups is 1. The van der Waals surface area contributed by atoms with Gasteiger partial charge in [-0.05, 0) is 17.7 Å². The molecule has 0 aliphatic rings. The number of pyridine rings is 1. The maximum atomic E-state index is 11.7. The van der Waals surface area contributed by atoms with E-state index in [-0.39, 0.29) is 5.91 Å². The molecular formula is C12H14N4O2. The zero-order valence-electron chi connectivity index (χ0n) is 9.93. The van der Waals surface area contributed by atoms with Crippen LogP contribution >= 0.6 is 0 Å². The first-order valence-electron chi connectivity index (χ1n) is 5.40. The van der Waals surface area contributed by atoms with Crippen LogP contribution in [0, 0.1) is 0 Å². The van der Waals surface area contributed by atoms with E-state index in [9.17, 15) is 4.79 Å². The van der Waals surface area contributed by atoms with Gasteiger partial charge in [0.05, 0.1) is 7.11 Å². The number of nitrogen functional groups attached to an aromatic ring is 1. The Hall–Kier alpha value is -2.50. The average Bonchev–Trinajstić information content (AvgIpc) is 2.83. The number of methoxy groups -OCH3 is 1. The number of aromatic nitrogens is 2. The number of aromatic amines is 1. The van der Waals surface area contributed by atoms with E-state index < -0.39 is 0 Å². The van der Waals surface area contributed by atoms with Crippen molar-refractivity contribution in [3.05, 3.63) is 41.9 Å². The summed E-state index contributed by atoms with van der Waals surface area (Å²) in [5.74, 6) is 0.313. The summed E-state index contributed by atoms with van der Waals surface area (Å²) in [6.07, 6.45) is 3.21. The summed E-state index contributed by atoms with van der Waals surface area (Å²) < 4.78 is 5.00. The maximum absolute atomic E-state index is 11.7. The van der Waals surface area contributed by atoms with Crippen LogP contribution in [0.1, 0.15) is 16.1 Å². The second-order valence-corrected chi connectivity index (χ2v) is 3.74. The van der Waals surface area contributed by atoms with Gasteiger partial charge in [-0.2, -0.15) is 0 Å². The number of nitrogens with two attached hydrogens (primary N) is 1. The zero-order chi connectivity index (χ0) is 13.0. The molecule has 0 bridgehead atoms. The Morgan fingerprint density at radius 2 is 2.39 bits per heavy atom. The monoisotopic (exact) mass is 246 g/mol. The lowest BCUT2D eigenvalue weighted by atomic mass is 10.2. The predicted octanol–water partition coefficient (Wildman–Crippen LogP) is 0.931. The molecule has 6 nitrogen and oxygen atoms in total. The highest BCUT2D eigenvalue weighted by atomic mass is 16.5. The Balaban J connectivity index is 1.97. The average molecular weight is 246 g/mol. The molecule has 0 atom stereocenters. The molecule has 0 spiro atoms. The second kappa shape index (κ2) is 5.22.